The van der Waals surface area contributed by atoms with Crippen molar-refractivity contribution in [1.82, 2.24) is 0 Å². The Kier molecular flexibility index (Phi) is 6.39. The van der Waals surface area contributed by atoms with Crippen LogP contribution in [0.25, 0.3) is 5.57 Å². The van der Waals surface area contributed by atoms with Crippen LogP contribution in [0.1, 0.15) is 41.5 Å². The summed E-state index contributed by atoms with van der Waals surface area (Å²) in [6.07, 6.45) is -2.68. The molecule has 1 aliphatic heterocycles. The first kappa shape index (κ1) is 21.8. The quantitative estimate of drug-likeness (QED) is 0.703. The lowest BCUT2D eigenvalue weighted by Gasteiger charge is -2.32. The normalized spacial score (nSPS) is 22.3. The Morgan fingerprint density at radius 2 is 1.69 bits per heavy atom. The van der Waals surface area contributed by atoms with Crippen LogP contribution in [0, 0.1) is 25.7 Å². The van der Waals surface area contributed by atoms with Crippen LogP contribution >= 0.6 is 0 Å². The average molecular weight is 412 g/mol. The number of benzene rings is 1. The van der Waals surface area contributed by atoms with Gasteiger partial charge in [0, 0.05) is 26.7 Å². The number of aryl methyl sites for hydroxylation is 2. The lowest BCUT2D eigenvalue weighted by molar-refractivity contribution is -0.137. The van der Waals surface area contributed by atoms with E-state index in [1.54, 1.807) is 21.0 Å². The molecule has 0 amide bonds. The molecule has 0 spiro atoms. The summed E-state index contributed by atoms with van der Waals surface area (Å²) in [5.41, 5.74) is 1.03. The maximum atomic E-state index is 13.4. The van der Waals surface area contributed by atoms with Gasteiger partial charge in [-0.3, -0.25) is 4.79 Å². The van der Waals surface area contributed by atoms with E-state index in [9.17, 15) is 18.0 Å². The number of hydrogen-bond acceptors (Lipinski definition) is 4. The lowest BCUT2D eigenvalue weighted by atomic mass is 9.82. The van der Waals surface area contributed by atoms with Gasteiger partial charge in [0.1, 0.15) is 5.76 Å². The number of ether oxygens (including phenoxy) is 3. The molecule has 3 rings (SSSR count). The monoisotopic (exact) mass is 412 g/mol. The third kappa shape index (κ3) is 4.21. The molecule has 29 heavy (non-hydrogen) atoms. The fourth-order valence-electron chi connectivity index (χ4n) is 4.68. The summed E-state index contributed by atoms with van der Waals surface area (Å²) >= 11 is 0. The van der Waals surface area contributed by atoms with Crippen LogP contribution in [0.3, 0.4) is 0 Å². The Morgan fingerprint density at radius 1 is 1.10 bits per heavy atom. The van der Waals surface area contributed by atoms with Gasteiger partial charge in [0.25, 0.3) is 0 Å². The number of carbonyl (C=O) groups is 1. The third-order valence-corrected chi connectivity index (χ3v) is 6.02. The van der Waals surface area contributed by atoms with Crippen LogP contribution in [-0.2, 0) is 25.2 Å². The van der Waals surface area contributed by atoms with Crippen LogP contribution in [-0.4, -0.2) is 39.3 Å². The molecule has 160 valence electrons. The first-order valence-corrected chi connectivity index (χ1v) is 9.79. The molecule has 1 saturated heterocycles. The van der Waals surface area contributed by atoms with E-state index < -0.39 is 17.7 Å². The molecular formula is C22H27F3O4. The molecule has 1 aromatic carbocycles. The number of methoxy groups -OCH3 is 2. The highest BCUT2D eigenvalue weighted by Crippen LogP contribution is 2.43. The van der Waals surface area contributed by atoms with Crippen LogP contribution in [0.5, 0.6) is 0 Å². The zero-order valence-electron chi connectivity index (χ0n) is 17.2. The molecule has 7 heteroatoms. The molecule has 1 aliphatic carbocycles. The molecular weight excluding hydrogens is 385 g/mol. The number of rotatable bonds is 5. The van der Waals surface area contributed by atoms with E-state index in [2.05, 4.69) is 0 Å². The fourth-order valence-corrected chi connectivity index (χ4v) is 4.68. The SMILES string of the molecule is COC1=C(c2c(C)cc(C(F)(F)F)cc2C)C(=O)C(C(OC)C2CCOCC2)C1. The molecule has 0 aromatic heterocycles. The number of hydrogen-bond donors (Lipinski definition) is 0. The Morgan fingerprint density at radius 3 is 2.17 bits per heavy atom. The zero-order valence-corrected chi connectivity index (χ0v) is 17.2. The van der Waals surface area contributed by atoms with Crippen molar-refractivity contribution in [2.75, 3.05) is 27.4 Å². The van der Waals surface area contributed by atoms with E-state index in [0.29, 0.717) is 47.7 Å². The van der Waals surface area contributed by atoms with Gasteiger partial charge < -0.3 is 14.2 Å². The van der Waals surface area contributed by atoms with Gasteiger partial charge in [-0.2, -0.15) is 13.2 Å². The molecule has 1 heterocycles. The topological polar surface area (TPSA) is 44.8 Å². The predicted octanol–water partition coefficient (Wildman–Crippen LogP) is 4.71. The Balaban J connectivity index is 1.98. The Labute approximate surface area is 169 Å². The molecule has 2 aliphatic rings. The van der Waals surface area contributed by atoms with E-state index in [1.165, 1.54) is 7.11 Å². The van der Waals surface area contributed by atoms with Crippen molar-refractivity contribution in [3.8, 4) is 0 Å². The molecule has 0 N–H and O–H groups in total. The molecule has 1 aromatic rings. The summed E-state index contributed by atoms with van der Waals surface area (Å²) in [7, 11) is 3.10. The van der Waals surface area contributed by atoms with E-state index in [1.807, 2.05) is 0 Å². The first-order valence-electron chi connectivity index (χ1n) is 9.79. The van der Waals surface area contributed by atoms with Gasteiger partial charge in [0.05, 0.1) is 30.3 Å². The van der Waals surface area contributed by atoms with Crippen molar-refractivity contribution < 1.29 is 32.2 Å². The van der Waals surface area contributed by atoms with Gasteiger partial charge in [-0.25, -0.2) is 0 Å². The van der Waals surface area contributed by atoms with Gasteiger partial charge in [0.2, 0.25) is 0 Å². The predicted molar refractivity (Wildman–Crippen MR) is 102 cm³/mol. The highest BCUT2D eigenvalue weighted by Gasteiger charge is 2.44. The van der Waals surface area contributed by atoms with E-state index in [4.69, 9.17) is 14.2 Å². The standard InChI is InChI=1S/C22H27F3O4/c1-12-9-15(22(23,24)25)10-13(2)18(12)19-17(27-3)11-16(20(19)26)21(28-4)14-5-7-29-8-6-14/h9-10,14,16,21H,5-8,11H2,1-4H3. The van der Waals surface area contributed by atoms with Crippen molar-refractivity contribution in [2.45, 2.75) is 45.4 Å². The van der Waals surface area contributed by atoms with E-state index in [-0.39, 0.29) is 17.8 Å². The highest BCUT2D eigenvalue weighted by molar-refractivity contribution is 6.25. The maximum Gasteiger partial charge on any atom is 0.416 e. The molecule has 2 atom stereocenters. The fraction of sp³-hybridized carbons (Fsp3) is 0.591. The minimum atomic E-state index is -4.43. The highest BCUT2D eigenvalue weighted by atomic mass is 19.4. The second-order valence-electron chi connectivity index (χ2n) is 7.81. The van der Waals surface area contributed by atoms with Crippen molar-refractivity contribution >= 4 is 11.4 Å². The lowest BCUT2D eigenvalue weighted by Crippen LogP contribution is -2.37. The molecule has 4 nitrogen and oxygen atoms in total. The number of alkyl halides is 3. The van der Waals surface area contributed by atoms with Gasteiger partial charge >= 0.3 is 6.18 Å². The van der Waals surface area contributed by atoms with Crippen LogP contribution in [0.4, 0.5) is 13.2 Å². The van der Waals surface area contributed by atoms with Crippen molar-refractivity contribution in [3.63, 3.8) is 0 Å². The molecule has 2 unspecified atom stereocenters. The van der Waals surface area contributed by atoms with Crippen molar-refractivity contribution in [3.05, 3.63) is 40.1 Å². The summed E-state index contributed by atoms with van der Waals surface area (Å²) in [6, 6.07) is 2.19. The zero-order chi connectivity index (χ0) is 21.3. The van der Waals surface area contributed by atoms with Crippen LogP contribution < -0.4 is 0 Å². The van der Waals surface area contributed by atoms with E-state index >= 15 is 0 Å². The number of carbonyl (C=O) groups excluding carboxylic acids is 1. The number of Topliss-reactive ketones (excluding diaryl/α,β-unsaturated/α-hetero) is 1. The Bertz CT molecular complexity index is 784. The molecule has 0 bridgehead atoms. The van der Waals surface area contributed by atoms with E-state index in [0.717, 1.165) is 25.0 Å². The summed E-state index contributed by atoms with van der Waals surface area (Å²) < 4.78 is 56.2. The van der Waals surface area contributed by atoms with Crippen LogP contribution in [0.15, 0.2) is 17.9 Å². The maximum absolute atomic E-state index is 13.4. The Hall–Kier alpha value is -1.86. The molecule has 0 radical (unpaired) electrons. The van der Waals surface area contributed by atoms with Crippen molar-refractivity contribution in [1.29, 1.82) is 0 Å². The summed E-state index contributed by atoms with van der Waals surface area (Å²) in [4.78, 5) is 13.4. The largest absolute Gasteiger partial charge is 0.500 e. The minimum absolute atomic E-state index is 0.119. The van der Waals surface area contributed by atoms with Crippen LogP contribution in [0.2, 0.25) is 0 Å². The second kappa shape index (κ2) is 8.48. The smallest absolute Gasteiger partial charge is 0.416 e. The summed E-state index contributed by atoms with van der Waals surface area (Å²) in [6.45, 7) is 4.48. The summed E-state index contributed by atoms with van der Waals surface area (Å²) in [5, 5.41) is 0. The number of allylic oxidation sites excluding steroid dienone is 2. The van der Waals surface area contributed by atoms with Gasteiger partial charge in [-0.1, -0.05) is 0 Å². The number of ketones is 1. The van der Waals surface area contributed by atoms with Gasteiger partial charge in [-0.05, 0) is 61.4 Å². The van der Waals surface area contributed by atoms with Crippen molar-refractivity contribution in [2.24, 2.45) is 11.8 Å². The summed E-state index contributed by atoms with van der Waals surface area (Å²) in [5.74, 6) is 0.190. The third-order valence-electron chi connectivity index (χ3n) is 6.02. The number of halogens is 3. The van der Waals surface area contributed by atoms with Gasteiger partial charge in [-0.15, -0.1) is 0 Å². The average Bonchev–Trinajstić information content (AvgIpc) is 2.98. The first-order chi connectivity index (χ1) is 13.7. The molecule has 1 fully saturated rings. The molecule has 0 saturated carbocycles. The minimum Gasteiger partial charge on any atom is -0.500 e. The second-order valence-corrected chi connectivity index (χ2v) is 7.81. The van der Waals surface area contributed by atoms with Gasteiger partial charge in [0.15, 0.2) is 5.78 Å².